The molecular formula is C17H21NO4S. The molecule has 1 unspecified atom stereocenters. The average molecular weight is 335 g/mol. The molecule has 124 valence electrons. The van der Waals surface area contributed by atoms with Crippen molar-refractivity contribution >= 4 is 22.9 Å². The molecule has 1 aromatic rings. The molecule has 0 bridgehead atoms. The van der Waals surface area contributed by atoms with E-state index in [-0.39, 0.29) is 16.4 Å². The number of rotatable bonds is 5. The minimum absolute atomic E-state index is 0.222. The number of carbonyl (C=O) groups excluding carboxylic acids is 2. The summed E-state index contributed by atoms with van der Waals surface area (Å²) in [5.41, 5.74) is 0.284. The number of aliphatic hydroxyl groups is 1. The number of hydrogen-bond donors (Lipinski definition) is 2. The molecular weight excluding hydrogens is 314 g/mol. The van der Waals surface area contributed by atoms with Gasteiger partial charge in [-0.2, -0.15) is 0 Å². The zero-order chi connectivity index (χ0) is 16.3. The zero-order valence-electron chi connectivity index (χ0n) is 12.9. The summed E-state index contributed by atoms with van der Waals surface area (Å²) in [7, 11) is 0. The van der Waals surface area contributed by atoms with E-state index < -0.39 is 5.60 Å². The number of imide groups is 1. The fourth-order valence-electron chi connectivity index (χ4n) is 3.04. The topological polar surface area (TPSA) is 75.6 Å². The highest BCUT2D eigenvalue weighted by Crippen LogP contribution is 2.29. The minimum Gasteiger partial charge on any atom is -0.491 e. The van der Waals surface area contributed by atoms with Crippen LogP contribution in [0.5, 0.6) is 5.75 Å². The zero-order valence-corrected chi connectivity index (χ0v) is 13.7. The number of carbonyl (C=O) groups is 2. The molecule has 23 heavy (non-hydrogen) atoms. The number of nitrogens with one attached hydrogen (secondary N) is 1. The molecule has 1 saturated heterocycles. The third-order valence-electron chi connectivity index (χ3n) is 4.40. The summed E-state index contributed by atoms with van der Waals surface area (Å²) in [6.45, 7) is 0.321. The van der Waals surface area contributed by atoms with Crippen molar-refractivity contribution < 1.29 is 19.4 Å². The van der Waals surface area contributed by atoms with Crippen LogP contribution in [0.2, 0.25) is 0 Å². The van der Waals surface area contributed by atoms with E-state index in [2.05, 4.69) is 5.32 Å². The van der Waals surface area contributed by atoms with E-state index in [4.69, 9.17) is 4.74 Å². The highest BCUT2D eigenvalue weighted by Gasteiger charge is 2.32. The first-order valence-electron chi connectivity index (χ1n) is 8.00. The number of ether oxygens (including phenoxy) is 1. The molecule has 1 saturated carbocycles. The van der Waals surface area contributed by atoms with Crippen LogP contribution in [0.25, 0.3) is 0 Å². The Morgan fingerprint density at radius 3 is 2.48 bits per heavy atom. The van der Waals surface area contributed by atoms with Crippen molar-refractivity contribution in [1.29, 1.82) is 0 Å². The van der Waals surface area contributed by atoms with Gasteiger partial charge < -0.3 is 9.84 Å². The second-order valence-electron chi connectivity index (χ2n) is 6.30. The van der Waals surface area contributed by atoms with Gasteiger partial charge in [-0.05, 0) is 37.0 Å². The van der Waals surface area contributed by atoms with Gasteiger partial charge in [-0.25, -0.2) is 0 Å². The van der Waals surface area contributed by atoms with Gasteiger partial charge in [0.1, 0.15) is 12.4 Å². The van der Waals surface area contributed by atoms with Gasteiger partial charge >= 0.3 is 0 Å². The summed E-state index contributed by atoms with van der Waals surface area (Å²) in [5, 5.41) is 12.1. The number of thioether (sulfide) groups is 1. The van der Waals surface area contributed by atoms with Gasteiger partial charge in [0.05, 0.1) is 10.9 Å². The molecule has 2 N–H and O–H groups in total. The van der Waals surface area contributed by atoms with E-state index in [0.717, 1.165) is 43.0 Å². The quantitative estimate of drug-likeness (QED) is 0.865. The molecule has 5 nitrogen and oxygen atoms in total. The Morgan fingerprint density at radius 2 is 1.87 bits per heavy atom. The Labute approximate surface area is 139 Å². The summed E-state index contributed by atoms with van der Waals surface area (Å²) >= 11 is 1.04. The summed E-state index contributed by atoms with van der Waals surface area (Å²) in [6, 6.07) is 7.50. The molecule has 2 amide bonds. The molecule has 1 atom stereocenters. The van der Waals surface area contributed by atoms with Gasteiger partial charge in [-0.3, -0.25) is 14.9 Å². The lowest BCUT2D eigenvalue weighted by Crippen LogP contribution is -2.37. The van der Waals surface area contributed by atoms with E-state index in [0.29, 0.717) is 18.8 Å². The molecule has 2 aliphatic rings. The standard InChI is InChI=1S/C17H21NO4S/c19-15-14(23-16(20)18-15)10-12-4-6-13(7-5-12)22-11-17(21)8-2-1-3-9-17/h4-7,14,21H,1-3,8-11H2,(H,18,19,20). The van der Waals surface area contributed by atoms with E-state index in [1.807, 2.05) is 24.3 Å². The molecule has 0 spiro atoms. The van der Waals surface area contributed by atoms with E-state index >= 15 is 0 Å². The van der Waals surface area contributed by atoms with E-state index in [1.165, 1.54) is 6.42 Å². The second kappa shape index (κ2) is 6.93. The Balaban J connectivity index is 1.53. The lowest BCUT2D eigenvalue weighted by Gasteiger charge is -2.31. The number of hydrogen-bond acceptors (Lipinski definition) is 5. The second-order valence-corrected chi connectivity index (χ2v) is 7.48. The SMILES string of the molecule is O=C1NC(=O)C(Cc2ccc(OCC3(O)CCCCC3)cc2)S1. The minimum atomic E-state index is -0.699. The van der Waals surface area contributed by atoms with Crippen LogP contribution in [0.4, 0.5) is 4.79 Å². The maximum Gasteiger partial charge on any atom is 0.286 e. The molecule has 0 radical (unpaired) electrons. The lowest BCUT2D eigenvalue weighted by molar-refractivity contribution is -0.118. The average Bonchev–Trinajstić information content (AvgIpc) is 2.85. The van der Waals surface area contributed by atoms with Crippen LogP contribution in [0.1, 0.15) is 37.7 Å². The van der Waals surface area contributed by atoms with Crippen LogP contribution < -0.4 is 10.1 Å². The van der Waals surface area contributed by atoms with Crippen molar-refractivity contribution in [2.45, 2.75) is 49.4 Å². The molecule has 1 aromatic carbocycles. The van der Waals surface area contributed by atoms with Gasteiger partial charge in [0.15, 0.2) is 0 Å². The first kappa shape index (κ1) is 16.3. The Kier molecular flexibility index (Phi) is 4.92. The maximum absolute atomic E-state index is 11.6. The first-order valence-corrected chi connectivity index (χ1v) is 8.88. The molecule has 6 heteroatoms. The van der Waals surface area contributed by atoms with Crippen LogP contribution in [0.3, 0.4) is 0 Å². The van der Waals surface area contributed by atoms with Gasteiger partial charge in [0, 0.05) is 0 Å². The van der Waals surface area contributed by atoms with Gasteiger partial charge in [-0.15, -0.1) is 0 Å². The summed E-state index contributed by atoms with van der Waals surface area (Å²) < 4.78 is 5.72. The molecule has 3 rings (SSSR count). The van der Waals surface area contributed by atoms with Crippen molar-refractivity contribution in [2.75, 3.05) is 6.61 Å². The summed E-state index contributed by atoms with van der Waals surface area (Å²) in [6.07, 6.45) is 5.41. The highest BCUT2D eigenvalue weighted by atomic mass is 32.2. The van der Waals surface area contributed by atoms with Crippen LogP contribution in [-0.2, 0) is 11.2 Å². The van der Waals surface area contributed by atoms with E-state index in [1.54, 1.807) is 0 Å². The fourth-order valence-corrected chi connectivity index (χ4v) is 3.90. The third-order valence-corrected chi connectivity index (χ3v) is 5.38. The van der Waals surface area contributed by atoms with Gasteiger partial charge in [0.2, 0.25) is 5.91 Å². The first-order chi connectivity index (χ1) is 11.0. The van der Waals surface area contributed by atoms with Gasteiger partial charge in [0.25, 0.3) is 5.24 Å². The lowest BCUT2D eigenvalue weighted by atomic mass is 9.85. The normalized spacial score (nSPS) is 23.6. The maximum atomic E-state index is 11.6. The monoisotopic (exact) mass is 335 g/mol. The Hall–Kier alpha value is -1.53. The van der Waals surface area contributed by atoms with Crippen LogP contribution in [0.15, 0.2) is 24.3 Å². The summed E-state index contributed by atoms with van der Waals surface area (Å²) in [4.78, 5) is 22.7. The molecule has 1 aliphatic carbocycles. The van der Waals surface area contributed by atoms with E-state index in [9.17, 15) is 14.7 Å². The van der Waals surface area contributed by atoms with Gasteiger partial charge in [-0.1, -0.05) is 43.2 Å². The molecule has 1 aliphatic heterocycles. The molecule has 1 heterocycles. The Morgan fingerprint density at radius 1 is 1.17 bits per heavy atom. The third kappa shape index (κ3) is 4.26. The number of amides is 2. The fraction of sp³-hybridized carbons (Fsp3) is 0.529. The molecule has 2 fully saturated rings. The highest BCUT2D eigenvalue weighted by molar-refractivity contribution is 8.15. The van der Waals surface area contributed by atoms with Crippen LogP contribution >= 0.6 is 11.8 Å². The number of benzene rings is 1. The van der Waals surface area contributed by atoms with Crippen molar-refractivity contribution in [2.24, 2.45) is 0 Å². The van der Waals surface area contributed by atoms with Crippen molar-refractivity contribution in [3.8, 4) is 5.75 Å². The predicted molar refractivity (Wildman–Crippen MR) is 88.6 cm³/mol. The van der Waals surface area contributed by atoms with Crippen LogP contribution in [0, 0.1) is 0 Å². The molecule has 0 aromatic heterocycles. The van der Waals surface area contributed by atoms with Crippen LogP contribution in [-0.4, -0.2) is 33.7 Å². The van der Waals surface area contributed by atoms with Crippen molar-refractivity contribution in [3.63, 3.8) is 0 Å². The largest absolute Gasteiger partial charge is 0.491 e. The predicted octanol–water partition coefficient (Wildman–Crippen LogP) is 2.65. The van der Waals surface area contributed by atoms with Crippen molar-refractivity contribution in [3.05, 3.63) is 29.8 Å². The Bertz CT molecular complexity index is 581. The smallest absolute Gasteiger partial charge is 0.286 e. The summed E-state index contributed by atoms with van der Waals surface area (Å²) in [5.74, 6) is 0.493. The van der Waals surface area contributed by atoms with Crippen molar-refractivity contribution in [1.82, 2.24) is 5.32 Å².